The van der Waals surface area contributed by atoms with Gasteiger partial charge in [0.25, 0.3) is 15.9 Å². The van der Waals surface area contributed by atoms with Crippen molar-refractivity contribution in [1.29, 1.82) is 0 Å². The molecule has 1 amide bonds. The van der Waals surface area contributed by atoms with Gasteiger partial charge in [0.2, 0.25) is 0 Å². The Bertz CT molecular complexity index is 1020. The highest BCUT2D eigenvalue weighted by molar-refractivity contribution is 7.92. The third kappa shape index (κ3) is 6.46. The third-order valence-corrected chi connectivity index (χ3v) is 5.95. The van der Waals surface area contributed by atoms with Gasteiger partial charge >= 0.3 is 5.97 Å². The number of ether oxygens (including phenoxy) is 2. The van der Waals surface area contributed by atoms with Crippen molar-refractivity contribution in [2.45, 2.75) is 51.6 Å². The summed E-state index contributed by atoms with van der Waals surface area (Å²) in [4.78, 5) is 26.7. The second-order valence-corrected chi connectivity index (χ2v) is 9.30. The fourth-order valence-electron chi connectivity index (χ4n) is 3.29. The maximum Gasteiger partial charge on any atom is 0.340 e. The molecule has 0 saturated carbocycles. The van der Waals surface area contributed by atoms with Crippen molar-refractivity contribution in [2.75, 3.05) is 17.9 Å². The third-order valence-electron chi connectivity index (χ3n) is 4.56. The molecule has 0 heterocycles. The monoisotopic (exact) mass is 462 g/mol. The fourth-order valence-corrected chi connectivity index (χ4v) is 4.37. The van der Waals surface area contributed by atoms with Crippen molar-refractivity contribution in [2.24, 2.45) is 0 Å². The first kappa shape index (κ1) is 25.2. The molecular weight excluding hydrogens is 432 g/mol. The number of carbonyl (C=O) groups excluding carboxylic acids is 2. The van der Waals surface area contributed by atoms with Gasteiger partial charge in [-0.05, 0) is 71.0 Å². The molecule has 2 rings (SSSR count). The smallest absolute Gasteiger partial charge is 0.340 e. The van der Waals surface area contributed by atoms with Crippen LogP contribution in [0.4, 0.5) is 5.69 Å². The minimum absolute atomic E-state index is 0.00968. The fraction of sp³-hybridized carbons (Fsp3) is 0.391. The van der Waals surface area contributed by atoms with E-state index in [-0.39, 0.29) is 34.1 Å². The van der Waals surface area contributed by atoms with E-state index < -0.39 is 22.6 Å². The van der Waals surface area contributed by atoms with Gasteiger partial charge in [-0.15, -0.1) is 0 Å². The van der Waals surface area contributed by atoms with Gasteiger partial charge in [-0.25, -0.2) is 13.2 Å². The Balaban J connectivity index is 2.16. The first-order chi connectivity index (χ1) is 15.1. The van der Waals surface area contributed by atoms with Gasteiger partial charge in [0, 0.05) is 12.1 Å². The van der Waals surface area contributed by atoms with E-state index >= 15 is 0 Å². The summed E-state index contributed by atoms with van der Waals surface area (Å²) in [7, 11) is -3.96. The van der Waals surface area contributed by atoms with E-state index in [1.54, 1.807) is 29.2 Å². The molecule has 0 aliphatic heterocycles. The van der Waals surface area contributed by atoms with Crippen LogP contribution in [-0.2, 0) is 19.6 Å². The number of rotatable bonds is 10. The average Bonchev–Trinajstić information content (AvgIpc) is 2.72. The summed E-state index contributed by atoms with van der Waals surface area (Å²) in [5.74, 6) is -0.566. The molecule has 0 aliphatic rings. The van der Waals surface area contributed by atoms with Crippen LogP contribution in [0.1, 0.15) is 45.0 Å². The number of hydrogen-bond acceptors (Lipinski definition) is 6. The number of esters is 1. The highest BCUT2D eigenvalue weighted by Crippen LogP contribution is 2.22. The van der Waals surface area contributed by atoms with Crippen molar-refractivity contribution in [3.05, 3.63) is 54.1 Å². The van der Waals surface area contributed by atoms with E-state index in [0.717, 1.165) is 0 Å². The van der Waals surface area contributed by atoms with E-state index in [0.29, 0.717) is 12.4 Å². The summed E-state index contributed by atoms with van der Waals surface area (Å²) in [5.41, 5.74) is 0.0684. The molecule has 0 radical (unpaired) electrons. The summed E-state index contributed by atoms with van der Waals surface area (Å²) in [5, 5.41) is 0. The zero-order valence-electron chi connectivity index (χ0n) is 19.0. The van der Waals surface area contributed by atoms with Crippen LogP contribution < -0.4 is 9.46 Å². The molecule has 9 heteroatoms. The van der Waals surface area contributed by atoms with E-state index in [9.17, 15) is 18.0 Å². The molecule has 0 fully saturated rings. The number of sulfonamides is 1. The van der Waals surface area contributed by atoms with Gasteiger partial charge in [-0.1, -0.05) is 12.1 Å². The van der Waals surface area contributed by atoms with E-state index in [1.807, 2.05) is 34.6 Å². The van der Waals surface area contributed by atoms with Gasteiger partial charge < -0.3 is 14.4 Å². The van der Waals surface area contributed by atoms with Crippen molar-refractivity contribution >= 4 is 27.6 Å². The zero-order valence-corrected chi connectivity index (χ0v) is 19.8. The highest BCUT2D eigenvalue weighted by atomic mass is 32.2. The van der Waals surface area contributed by atoms with E-state index in [1.165, 1.54) is 24.3 Å². The van der Waals surface area contributed by atoms with Crippen LogP contribution in [0.3, 0.4) is 0 Å². The Morgan fingerprint density at radius 1 is 0.969 bits per heavy atom. The summed E-state index contributed by atoms with van der Waals surface area (Å²) in [6.07, 6.45) is 0. The molecule has 0 bridgehead atoms. The molecule has 32 heavy (non-hydrogen) atoms. The van der Waals surface area contributed by atoms with Crippen molar-refractivity contribution in [1.82, 2.24) is 4.90 Å². The Hall–Kier alpha value is -3.07. The number of carbonyl (C=O) groups is 2. The minimum Gasteiger partial charge on any atom is -0.494 e. The van der Waals surface area contributed by atoms with Gasteiger partial charge in [-0.2, -0.15) is 0 Å². The number of para-hydroxylation sites is 1. The second kappa shape index (κ2) is 11.0. The lowest BCUT2D eigenvalue weighted by Crippen LogP contribution is -2.44. The largest absolute Gasteiger partial charge is 0.494 e. The lowest BCUT2D eigenvalue weighted by molar-refractivity contribution is -0.138. The Kier molecular flexibility index (Phi) is 8.65. The quantitative estimate of drug-likeness (QED) is 0.541. The van der Waals surface area contributed by atoms with Gasteiger partial charge in [0.05, 0.1) is 22.8 Å². The highest BCUT2D eigenvalue weighted by Gasteiger charge is 2.23. The van der Waals surface area contributed by atoms with Crippen LogP contribution in [0.15, 0.2) is 53.4 Å². The van der Waals surface area contributed by atoms with Crippen LogP contribution in [-0.4, -0.2) is 50.5 Å². The normalized spacial score (nSPS) is 11.3. The zero-order chi connectivity index (χ0) is 23.9. The van der Waals surface area contributed by atoms with Crippen LogP contribution in [0.5, 0.6) is 5.75 Å². The molecule has 0 aliphatic carbocycles. The average molecular weight is 463 g/mol. The van der Waals surface area contributed by atoms with Crippen molar-refractivity contribution in [3.63, 3.8) is 0 Å². The number of amides is 1. The van der Waals surface area contributed by atoms with Crippen LogP contribution in [0.25, 0.3) is 0 Å². The molecule has 2 aromatic rings. The molecule has 1 N–H and O–H groups in total. The maximum atomic E-state index is 12.8. The molecule has 0 saturated heterocycles. The predicted molar refractivity (Wildman–Crippen MR) is 122 cm³/mol. The molecule has 8 nitrogen and oxygen atoms in total. The van der Waals surface area contributed by atoms with E-state index in [4.69, 9.17) is 9.47 Å². The lowest BCUT2D eigenvalue weighted by atomic mass is 10.2. The van der Waals surface area contributed by atoms with Crippen molar-refractivity contribution in [3.8, 4) is 5.75 Å². The Labute approximate surface area is 189 Å². The molecule has 2 aromatic carbocycles. The number of anilines is 1. The maximum absolute atomic E-state index is 12.8. The Morgan fingerprint density at radius 2 is 1.56 bits per heavy atom. The molecule has 0 atom stereocenters. The van der Waals surface area contributed by atoms with Crippen molar-refractivity contribution < 1.29 is 27.5 Å². The number of nitrogens with one attached hydrogen (secondary N) is 1. The molecule has 0 spiro atoms. The first-order valence-corrected chi connectivity index (χ1v) is 11.9. The number of nitrogens with zero attached hydrogens (tertiary/aromatic N) is 1. The molecule has 0 unspecified atom stereocenters. The van der Waals surface area contributed by atoms with Crippen LogP contribution >= 0.6 is 0 Å². The second-order valence-electron chi connectivity index (χ2n) is 7.62. The predicted octanol–water partition coefficient (Wildman–Crippen LogP) is 3.69. The summed E-state index contributed by atoms with van der Waals surface area (Å²) in [6, 6.07) is 11.9. The first-order valence-electron chi connectivity index (χ1n) is 10.4. The van der Waals surface area contributed by atoms with Crippen LogP contribution in [0, 0.1) is 0 Å². The summed E-state index contributed by atoms with van der Waals surface area (Å²) in [6.45, 7) is 9.38. The molecular formula is C23H30N2O6S. The summed E-state index contributed by atoms with van der Waals surface area (Å²) < 4.78 is 38.5. The SMILES string of the molecule is CCOc1ccc(S(=O)(=O)Nc2ccccc2C(=O)OCC(=O)N(C(C)C)C(C)C)cc1. The Morgan fingerprint density at radius 3 is 2.12 bits per heavy atom. The molecule has 174 valence electrons. The van der Waals surface area contributed by atoms with E-state index in [2.05, 4.69) is 4.72 Å². The van der Waals surface area contributed by atoms with Crippen LogP contribution in [0.2, 0.25) is 0 Å². The molecule has 0 aromatic heterocycles. The van der Waals surface area contributed by atoms with Gasteiger partial charge in [-0.3, -0.25) is 9.52 Å². The number of benzene rings is 2. The lowest BCUT2D eigenvalue weighted by Gasteiger charge is -2.30. The van der Waals surface area contributed by atoms with Gasteiger partial charge in [0.1, 0.15) is 5.75 Å². The number of hydrogen-bond donors (Lipinski definition) is 1. The van der Waals surface area contributed by atoms with Gasteiger partial charge in [0.15, 0.2) is 6.61 Å². The topological polar surface area (TPSA) is 102 Å². The minimum atomic E-state index is -3.96. The standard InChI is InChI=1S/C23H30N2O6S/c1-6-30-18-11-13-19(14-12-18)32(28,29)24-21-10-8-7-9-20(21)23(27)31-15-22(26)25(16(2)3)17(4)5/h7-14,16-17,24H,6,15H2,1-5H3. The summed E-state index contributed by atoms with van der Waals surface area (Å²) >= 11 is 0.